The maximum Gasteiger partial charge on any atom is 0.344 e. The summed E-state index contributed by atoms with van der Waals surface area (Å²) in [5.74, 6) is -2.02. The summed E-state index contributed by atoms with van der Waals surface area (Å²) in [5.41, 5.74) is -0.206. The number of nitrogens with zero attached hydrogens (tertiary/aromatic N) is 1. The predicted molar refractivity (Wildman–Crippen MR) is 143 cm³/mol. The summed E-state index contributed by atoms with van der Waals surface area (Å²) in [6.07, 6.45) is 3.32. The fourth-order valence-corrected chi connectivity index (χ4v) is 4.82. The minimum atomic E-state index is -2.27. The molecule has 39 heavy (non-hydrogen) atoms. The van der Waals surface area contributed by atoms with Gasteiger partial charge in [0.05, 0.1) is 19.6 Å². The van der Waals surface area contributed by atoms with Crippen LogP contribution in [0.25, 0.3) is 11.3 Å². The molecule has 0 unspecified atom stereocenters. The first-order valence-electron chi connectivity index (χ1n) is 12.8. The Balaban J connectivity index is 1.45. The number of esters is 2. The summed E-state index contributed by atoms with van der Waals surface area (Å²) >= 11 is 1.52. The van der Waals surface area contributed by atoms with E-state index in [-0.39, 0.29) is 18.8 Å². The smallest absolute Gasteiger partial charge is 0.344 e. The fourth-order valence-electron chi connectivity index (χ4n) is 4.00. The summed E-state index contributed by atoms with van der Waals surface area (Å²) < 4.78 is 15.6. The van der Waals surface area contributed by atoms with Crippen LogP contribution in [0.1, 0.15) is 62.2 Å². The van der Waals surface area contributed by atoms with E-state index in [2.05, 4.69) is 10.3 Å². The van der Waals surface area contributed by atoms with E-state index in [0.29, 0.717) is 5.92 Å². The third-order valence-corrected chi connectivity index (χ3v) is 7.09. The molecule has 0 bridgehead atoms. The molecule has 1 heterocycles. The van der Waals surface area contributed by atoms with Gasteiger partial charge in [0.2, 0.25) is 11.4 Å². The summed E-state index contributed by atoms with van der Waals surface area (Å²) in [4.78, 5) is 57.1. The van der Waals surface area contributed by atoms with Crippen molar-refractivity contribution in [1.82, 2.24) is 10.3 Å². The Kier molecular flexibility index (Phi) is 8.86. The lowest BCUT2D eigenvalue weighted by Gasteiger charge is -2.29. The first-order valence-corrected chi connectivity index (χ1v) is 13.6. The van der Waals surface area contributed by atoms with Gasteiger partial charge in [-0.2, -0.15) is 0 Å². The summed E-state index contributed by atoms with van der Waals surface area (Å²) in [5, 5.41) is 2.31. The van der Waals surface area contributed by atoms with E-state index in [1.807, 2.05) is 24.3 Å². The minimum absolute atomic E-state index is 0.0409. The number of Topliss-reactive ketones (excluding diaryl/α,β-unsaturated/α-hetero) is 1. The van der Waals surface area contributed by atoms with Crippen LogP contribution in [0.5, 0.6) is 0 Å². The Bertz CT molecular complexity index is 1330. The van der Waals surface area contributed by atoms with Crippen LogP contribution in [0.15, 0.2) is 69.0 Å². The van der Waals surface area contributed by atoms with Crippen molar-refractivity contribution in [1.29, 1.82) is 0 Å². The minimum Gasteiger partial charge on any atom is -0.464 e. The number of benzene rings is 2. The van der Waals surface area contributed by atoms with Gasteiger partial charge < -0.3 is 19.2 Å². The maximum absolute atomic E-state index is 13.2. The molecule has 1 fully saturated rings. The Labute approximate surface area is 230 Å². The van der Waals surface area contributed by atoms with Gasteiger partial charge in [0.15, 0.2) is 11.7 Å². The van der Waals surface area contributed by atoms with Gasteiger partial charge >= 0.3 is 11.9 Å². The molecule has 0 saturated heterocycles. The van der Waals surface area contributed by atoms with E-state index in [9.17, 15) is 19.2 Å². The molecule has 3 aromatic rings. The van der Waals surface area contributed by atoms with Gasteiger partial charge in [0, 0.05) is 33.8 Å². The summed E-state index contributed by atoms with van der Waals surface area (Å²) in [7, 11) is 0. The predicted octanol–water partition coefficient (Wildman–Crippen LogP) is 4.94. The zero-order valence-corrected chi connectivity index (χ0v) is 22.8. The molecule has 1 amide bonds. The lowest BCUT2D eigenvalue weighted by atomic mass is 9.90. The van der Waals surface area contributed by atoms with Gasteiger partial charge in [-0.25, -0.2) is 14.6 Å². The molecule has 204 valence electrons. The number of carbonyl (C=O) groups excluding carboxylic acids is 4. The van der Waals surface area contributed by atoms with E-state index < -0.39 is 35.6 Å². The SMILES string of the molecule is CCOC(=O)C(CC(=O)c1ccc(Sc2ccc(-c3coc(C4CC4)n3)cc2)cc1)(NC(C)=O)C(=O)OCC. The Morgan fingerprint density at radius 1 is 0.949 bits per heavy atom. The third-order valence-electron chi connectivity index (χ3n) is 6.07. The average molecular weight is 551 g/mol. The molecule has 1 aliphatic rings. The van der Waals surface area contributed by atoms with E-state index in [0.717, 1.165) is 46.7 Å². The van der Waals surface area contributed by atoms with Crippen LogP contribution in [-0.2, 0) is 23.9 Å². The standard InChI is InChI=1S/C29H30N2O7S/c1-4-36-27(34)29(31-18(3)32,28(35)37-5-2)16-25(33)20-10-14-23(15-11-20)39-22-12-8-19(9-13-22)24-17-38-26(30-24)21-6-7-21/h8-15,17,21H,4-7,16H2,1-3H3,(H,31,32). The normalized spacial score (nSPS) is 13.0. The van der Waals surface area contributed by atoms with Crippen LogP contribution in [0, 0.1) is 0 Å². The van der Waals surface area contributed by atoms with Crippen molar-refractivity contribution in [2.24, 2.45) is 0 Å². The van der Waals surface area contributed by atoms with Gasteiger partial charge in [-0.1, -0.05) is 36.0 Å². The van der Waals surface area contributed by atoms with Crippen LogP contribution >= 0.6 is 11.8 Å². The molecule has 0 atom stereocenters. The van der Waals surface area contributed by atoms with Gasteiger partial charge in [0.25, 0.3) is 0 Å². The van der Waals surface area contributed by atoms with Gasteiger partial charge in [-0.3, -0.25) is 9.59 Å². The Hall–Kier alpha value is -3.92. The summed E-state index contributed by atoms with van der Waals surface area (Å²) in [6, 6.07) is 14.7. The van der Waals surface area contributed by atoms with Gasteiger partial charge in [0.1, 0.15) is 12.0 Å². The first-order chi connectivity index (χ1) is 18.8. The number of nitrogens with one attached hydrogen (secondary N) is 1. The second-order valence-corrected chi connectivity index (χ2v) is 10.3. The maximum atomic E-state index is 13.2. The van der Waals surface area contributed by atoms with Crippen LogP contribution < -0.4 is 5.32 Å². The number of oxazole rings is 1. The number of ether oxygens (including phenoxy) is 2. The van der Waals surface area contributed by atoms with Crippen molar-refractivity contribution in [3.05, 3.63) is 66.2 Å². The highest BCUT2D eigenvalue weighted by atomic mass is 32.2. The van der Waals surface area contributed by atoms with E-state index in [1.54, 1.807) is 44.4 Å². The van der Waals surface area contributed by atoms with Crippen molar-refractivity contribution in [3.8, 4) is 11.3 Å². The highest BCUT2D eigenvalue weighted by molar-refractivity contribution is 7.99. The number of carbonyl (C=O) groups is 4. The molecular formula is C29H30N2O7S. The Morgan fingerprint density at radius 3 is 2.03 bits per heavy atom. The van der Waals surface area contributed by atoms with E-state index in [4.69, 9.17) is 13.9 Å². The zero-order chi connectivity index (χ0) is 28.0. The second-order valence-electron chi connectivity index (χ2n) is 9.12. The Morgan fingerprint density at radius 2 is 1.51 bits per heavy atom. The molecule has 0 spiro atoms. The largest absolute Gasteiger partial charge is 0.464 e. The number of aromatic nitrogens is 1. The van der Waals surface area contributed by atoms with Crippen molar-refractivity contribution >= 4 is 35.4 Å². The quantitative estimate of drug-likeness (QED) is 0.190. The monoisotopic (exact) mass is 550 g/mol. The number of hydrogen-bond acceptors (Lipinski definition) is 9. The molecule has 0 radical (unpaired) electrons. The van der Waals surface area contributed by atoms with Gasteiger partial charge in [-0.15, -0.1) is 0 Å². The molecule has 1 N–H and O–H groups in total. The molecule has 0 aliphatic heterocycles. The lowest BCUT2D eigenvalue weighted by molar-refractivity contribution is -0.167. The molecule has 9 nitrogen and oxygen atoms in total. The van der Waals surface area contributed by atoms with Crippen molar-refractivity contribution in [3.63, 3.8) is 0 Å². The van der Waals surface area contributed by atoms with Crippen LogP contribution in [0.4, 0.5) is 0 Å². The molecular weight excluding hydrogens is 520 g/mol. The van der Waals surface area contributed by atoms with Crippen molar-refractivity contribution in [2.45, 2.75) is 61.3 Å². The number of hydrogen-bond donors (Lipinski definition) is 1. The molecule has 1 aromatic heterocycles. The molecule has 4 rings (SSSR count). The number of rotatable bonds is 12. The first kappa shape index (κ1) is 28.1. The van der Waals surface area contributed by atoms with Crippen molar-refractivity contribution < 1.29 is 33.1 Å². The molecule has 10 heteroatoms. The zero-order valence-electron chi connectivity index (χ0n) is 22.0. The topological polar surface area (TPSA) is 125 Å². The highest BCUT2D eigenvalue weighted by Gasteiger charge is 2.51. The molecule has 1 aliphatic carbocycles. The van der Waals surface area contributed by atoms with Crippen LogP contribution in [0.3, 0.4) is 0 Å². The lowest BCUT2D eigenvalue weighted by Crippen LogP contribution is -2.62. The average Bonchev–Trinajstić information content (AvgIpc) is 3.65. The number of ketones is 1. The summed E-state index contributed by atoms with van der Waals surface area (Å²) in [6.45, 7) is 4.19. The van der Waals surface area contributed by atoms with Gasteiger partial charge in [-0.05, 0) is 51.0 Å². The fraction of sp³-hybridized carbons (Fsp3) is 0.345. The molecule has 1 saturated carbocycles. The van der Waals surface area contributed by atoms with Crippen LogP contribution in [0.2, 0.25) is 0 Å². The third kappa shape index (κ3) is 6.75. The number of amides is 1. The highest BCUT2D eigenvalue weighted by Crippen LogP contribution is 2.40. The van der Waals surface area contributed by atoms with Crippen LogP contribution in [-0.4, -0.2) is 47.4 Å². The van der Waals surface area contributed by atoms with E-state index >= 15 is 0 Å². The second kappa shape index (κ2) is 12.3. The van der Waals surface area contributed by atoms with E-state index in [1.165, 1.54) is 11.8 Å². The molecule has 2 aromatic carbocycles. The van der Waals surface area contributed by atoms with Crippen molar-refractivity contribution in [2.75, 3.05) is 13.2 Å².